The number of rotatable bonds is 9. The van der Waals surface area contributed by atoms with Crippen LogP contribution in [-0.4, -0.2) is 120 Å². The Balaban J connectivity index is 1.16. The van der Waals surface area contributed by atoms with Gasteiger partial charge in [-0.15, -0.1) is 0 Å². The summed E-state index contributed by atoms with van der Waals surface area (Å²) in [6.07, 6.45) is -14.0. The van der Waals surface area contributed by atoms with E-state index < -0.39 is 102 Å². The molecule has 0 amide bonds. The zero-order valence-electron chi connectivity index (χ0n) is 27.7. The van der Waals surface area contributed by atoms with Crippen molar-refractivity contribution in [3.8, 4) is 40.1 Å². The molecular formula is C36H36O17. The molecule has 9 N–H and O–H groups in total. The van der Waals surface area contributed by atoms with Crippen LogP contribution in [0.15, 0.2) is 76.0 Å². The quantitative estimate of drug-likeness (QED) is 0.0838. The molecule has 0 radical (unpaired) electrons. The monoisotopic (exact) mass is 740 g/mol. The van der Waals surface area contributed by atoms with Gasteiger partial charge in [0.15, 0.2) is 18.2 Å². The van der Waals surface area contributed by atoms with Crippen molar-refractivity contribution in [2.24, 2.45) is 0 Å². The molecule has 3 aromatic carbocycles. The number of esters is 1. The molecule has 0 bridgehead atoms. The number of phenolic OH excluding ortho intramolecular Hbond substituents is 4. The van der Waals surface area contributed by atoms with Gasteiger partial charge in [-0.1, -0.05) is 12.1 Å². The summed E-state index contributed by atoms with van der Waals surface area (Å²) in [6, 6.07) is 13.2. The molecule has 53 heavy (non-hydrogen) atoms. The van der Waals surface area contributed by atoms with Gasteiger partial charge in [-0.05, 0) is 55.0 Å². The minimum Gasteiger partial charge on any atom is -0.508 e. The van der Waals surface area contributed by atoms with E-state index in [0.29, 0.717) is 5.56 Å². The van der Waals surface area contributed by atoms with Crippen LogP contribution < -0.4 is 10.2 Å². The number of ether oxygens (including phenoxy) is 5. The van der Waals surface area contributed by atoms with Crippen LogP contribution in [0.4, 0.5) is 0 Å². The summed E-state index contributed by atoms with van der Waals surface area (Å²) in [7, 11) is 0. The van der Waals surface area contributed by atoms with Crippen molar-refractivity contribution >= 4 is 23.0 Å². The van der Waals surface area contributed by atoms with Crippen molar-refractivity contribution in [1.82, 2.24) is 0 Å². The fourth-order valence-electron chi connectivity index (χ4n) is 5.86. The van der Waals surface area contributed by atoms with Gasteiger partial charge in [0.25, 0.3) is 0 Å². The molecule has 3 heterocycles. The largest absolute Gasteiger partial charge is 0.508 e. The average molecular weight is 741 g/mol. The number of carbonyl (C=O) groups excluding carboxylic acids is 1. The summed E-state index contributed by atoms with van der Waals surface area (Å²) in [6.45, 7) is 0.812. The second-order valence-corrected chi connectivity index (χ2v) is 12.5. The van der Waals surface area contributed by atoms with E-state index in [-0.39, 0.29) is 28.4 Å². The van der Waals surface area contributed by atoms with Crippen molar-refractivity contribution in [1.29, 1.82) is 0 Å². The van der Waals surface area contributed by atoms with Gasteiger partial charge in [0.05, 0.1) is 12.7 Å². The van der Waals surface area contributed by atoms with E-state index in [0.717, 1.165) is 18.2 Å². The van der Waals surface area contributed by atoms with Gasteiger partial charge in [-0.3, -0.25) is 4.79 Å². The summed E-state index contributed by atoms with van der Waals surface area (Å²) in [5, 5.41) is 93.0. The molecule has 10 atom stereocenters. The van der Waals surface area contributed by atoms with Gasteiger partial charge < -0.3 is 74.1 Å². The van der Waals surface area contributed by atoms with Crippen LogP contribution in [-0.2, 0) is 23.7 Å². The number of aromatic hydroxyl groups is 4. The standard InChI is InChI=1S/C36H36O17/c1-15-32(52-24(41)11-4-16-2-7-18(37)8-3-16)29(45)31(47)35(49-15)48-14-23-26(42)28(44)30(46)36(51-23)53-34-27(43)25-21(40)12-20(39)13-22(25)50-33(34)17-5-9-19(38)10-6-17/h2-13,15,23,26,28-32,35-40,42,44-47H,14H2,1H3/b11-4+/t15-,23+,26-,28-,29-,30+,31+,32-,35+,36-/m0/s1. The predicted molar refractivity (Wildman–Crippen MR) is 180 cm³/mol. The first-order chi connectivity index (χ1) is 25.2. The van der Waals surface area contributed by atoms with E-state index in [1.165, 1.54) is 49.4 Å². The molecule has 2 fully saturated rings. The molecule has 0 saturated carbocycles. The van der Waals surface area contributed by atoms with Crippen LogP contribution in [0.25, 0.3) is 28.4 Å². The van der Waals surface area contributed by atoms with E-state index in [1.807, 2.05) is 0 Å². The van der Waals surface area contributed by atoms with Gasteiger partial charge in [0, 0.05) is 23.8 Å². The molecule has 1 aromatic heterocycles. The Morgan fingerprint density at radius 2 is 1.42 bits per heavy atom. The highest BCUT2D eigenvalue weighted by molar-refractivity contribution is 5.88. The van der Waals surface area contributed by atoms with Crippen molar-refractivity contribution < 1.29 is 78.9 Å². The lowest BCUT2D eigenvalue weighted by atomic mass is 9.98. The SMILES string of the molecule is C[C@@H]1O[C@@H](OC[C@H]2O[C@@H](Oc3c(-c4ccc(O)cc4)oc4cc(O)cc(O)c4c3=O)[C@H](O)[C@@H](O)[C@H]2O)[C@H](O)[C@H](O)[C@H]1OC(=O)/C=C/c1ccc(O)cc1. The Kier molecular flexibility index (Phi) is 10.9. The third-order valence-corrected chi connectivity index (χ3v) is 8.71. The lowest BCUT2D eigenvalue weighted by molar-refractivity contribution is -0.319. The van der Waals surface area contributed by atoms with Crippen molar-refractivity contribution in [3.05, 3.63) is 82.5 Å². The Hall–Kier alpha value is -5.24. The van der Waals surface area contributed by atoms with Crippen molar-refractivity contribution in [2.45, 2.75) is 68.3 Å². The average Bonchev–Trinajstić information content (AvgIpc) is 3.12. The topological polar surface area (TPSA) is 275 Å². The highest BCUT2D eigenvalue weighted by Gasteiger charge is 2.48. The van der Waals surface area contributed by atoms with Gasteiger partial charge in [0.1, 0.15) is 70.6 Å². The highest BCUT2D eigenvalue weighted by atomic mass is 16.7. The molecule has 2 aliphatic rings. The Morgan fingerprint density at radius 3 is 2.09 bits per heavy atom. The molecule has 6 rings (SSSR count). The third-order valence-electron chi connectivity index (χ3n) is 8.71. The smallest absolute Gasteiger partial charge is 0.331 e. The summed E-state index contributed by atoms with van der Waals surface area (Å²) in [5.74, 6) is -2.90. The highest BCUT2D eigenvalue weighted by Crippen LogP contribution is 2.38. The van der Waals surface area contributed by atoms with Crippen molar-refractivity contribution in [2.75, 3.05) is 6.61 Å². The van der Waals surface area contributed by atoms with Gasteiger partial charge in [-0.25, -0.2) is 4.79 Å². The molecular weight excluding hydrogens is 704 g/mol. The van der Waals surface area contributed by atoms with E-state index >= 15 is 0 Å². The molecule has 2 aliphatic heterocycles. The first-order valence-corrected chi connectivity index (χ1v) is 16.2. The number of aliphatic hydroxyl groups is 5. The maximum atomic E-state index is 13.7. The third kappa shape index (κ3) is 7.92. The minimum atomic E-state index is -1.96. The van der Waals surface area contributed by atoms with Crippen LogP contribution in [0, 0.1) is 0 Å². The lowest BCUT2D eigenvalue weighted by Gasteiger charge is -2.43. The zero-order chi connectivity index (χ0) is 38.1. The van der Waals surface area contributed by atoms with Gasteiger partial charge >= 0.3 is 5.97 Å². The second kappa shape index (κ2) is 15.4. The Morgan fingerprint density at radius 1 is 0.774 bits per heavy atom. The molecule has 0 spiro atoms. The van der Waals surface area contributed by atoms with Crippen LogP contribution in [0.2, 0.25) is 0 Å². The van der Waals surface area contributed by atoms with Crippen LogP contribution in [0.3, 0.4) is 0 Å². The van der Waals surface area contributed by atoms with Crippen LogP contribution >= 0.6 is 0 Å². The summed E-state index contributed by atoms with van der Waals surface area (Å²) >= 11 is 0. The van der Waals surface area contributed by atoms with Crippen LogP contribution in [0.1, 0.15) is 12.5 Å². The molecule has 17 nitrogen and oxygen atoms in total. The summed E-state index contributed by atoms with van der Waals surface area (Å²) in [4.78, 5) is 26.2. The number of benzene rings is 3. The summed E-state index contributed by atoms with van der Waals surface area (Å²) in [5.41, 5.74) is -0.444. The second-order valence-electron chi connectivity index (χ2n) is 12.5. The first-order valence-electron chi connectivity index (χ1n) is 16.2. The predicted octanol–water partition coefficient (Wildman–Crippen LogP) is 0.577. The Bertz CT molecular complexity index is 2010. The van der Waals surface area contributed by atoms with E-state index in [9.17, 15) is 55.5 Å². The number of aliphatic hydroxyl groups excluding tert-OH is 5. The zero-order valence-corrected chi connectivity index (χ0v) is 27.7. The molecule has 17 heteroatoms. The summed E-state index contributed by atoms with van der Waals surface area (Å²) < 4.78 is 33.9. The number of hydrogen-bond donors (Lipinski definition) is 9. The fraction of sp³-hybridized carbons (Fsp3) is 0.333. The number of carbonyl (C=O) groups is 1. The van der Waals surface area contributed by atoms with E-state index in [2.05, 4.69) is 0 Å². The van der Waals surface area contributed by atoms with Gasteiger partial charge in [0.2, 0.25) is 17.5 Å². The van der Waals surface area contributed by atoms with Gasteiger partial charge in [-0.2, -0.15) is 0 Å². The number of phenols is 4. The molecule has 0 unspecified atom stereocenters. The minimum absolute atomic E-state index is 0.0408. The first kappa shape index (κ1) is 37.5. The maximum absolute atomic E-state index is 13.7. The van der Waals surface area contributed by atoms with Crippen molar-refractivity contribution in [3.63, 3.8) is 0 Å². The lowest BCUT2D eigenvalue weighted by Crippen LogP contribution is -2.62. The Labute approximate surface area is 299 Å². The molecule has 4 aromatic rings. The maximum Gasteiger partial charge on any atom is 0.331 e. The molecule has 0 aliphatic carbocycles. The van der Waals surface area contributed by atoms with Crippen LogP contribution in [0.5, 0.6) is 28.7 Å². The van der Waals surface area contributed by atoms with E-state index in [1.54, 1.807) is 12.1 Å². The molecule has 2 saturated heterocycles. The number of hydrogen-bond acceptors (Lipinski definition) is 17. The normalized spacial score (nSPS) is 28.9. The van der Waals surface area contributed by atoms with E-state index in [4.69, 9.17) is 28.1 Å². The fourth-order valence-corrected chi connectivity index (χ4v) is 5.86. The number of fused-ring (bicyclic) bond motifs is 1. The molecule has 282 valence electrons.